The van der Waals surface area contributed by atoms with Gasteiger partial charge < -0.3 is 9.74 Å². The van der Waals surface area contributed by atoms with Gasteiger partial charge in [-0.15, -0.1) is 0 Å². The number of halogens is 1. The minimum Gasteiger partial charge on any atom is -0.382 e. The molecule has 1 amide bonds. The summed E-state index contributed by atoms with van der Waals surface area (Å²) in [6.45, 7) is 1.05. The highest BCUT2D eigenvalue weighted by molar-refractivity contribution is 6.04. The number of hydrogen-bond donors (Lipinski definition) is 0. The molecule has 2 heterocycles. The fourth-order valence-electron chi connectivity index (χ4n) is 3.75. The predicted molar refractivity (Wildman–Crippen MR) is 103 cm³/mol. The number of amides is 1. The van der Waals surface area contributed by atoms with Gasteiger partial charge in [-0.25, -0.2) is 4.39 Å². The van der Waals surface area contributed by atoms with Crippen molar-refractivity contribution < 1.29 is 18.8 Å². The molecule has 0 aromatic heterocycles. The predicted octanol–water partition coefficient (Wildman–Crippen LogP) is 3.44. The van der Waals surface area contributed by atoms with Crippen LogP contribution in [0.2, 0.25) is 0 Å². The standard InChI is InChI=1S/C22H21FN2O3/c23-18-8-4-7-17(13-18)19-14-20(28-24-19)22(27)25-11-9-16(10-12-25)21(26)15-5-2-1-3-6-15/h1-8,13,16,20H,9-12,14H2. The SMILES string of the molecule is O=C(c1ccccc1)C1CCN(C(=O)C2CC(c3cccc(F)c3)=NO2)CC1. The van der Waals surface area contributed by atoms with Crippen LogP contribution in [0.15, 0.2) is 59.8 Å². The fraction of sp³-hybridized carbons (Fsp3) is 0.318. The molecule has 2 aromatic rings. The molecule has 0 saturated carbocycles. The second-order valence-electron chi connectivity index (χ2n) is 7.18. The maximum Gasteiger partial charge on any atom is 0.266 e. The highest BCUT2D eigenvalue weighted by Gasteiger charge is 2.35. The molecule has 0 radical (unpaired) electrons. The number of Topliss-reactive ketones (excluding diaryl/α,β-unsaturated/α-hetero) is 1. The molecule has 4 rings (SSSR count). The normalized spacial score (nSPS) is 19.8. The summed E-state index contributed by atoms with van der Waals surface area (Å²) < 4.78 is 13.4. The lowest BCUT2D eigenvalue weighted by molar-refractivity contribution is -0.143. The van der Waals surface area contributed by atoms with E-state index in [4.69, 9.17) is 4.84 Å². The van der Waals surface area contributed by atoms with Crippen LogP contribution in [0.5, 0.6) is 0 Å². The van der Waals surface area contributed by atoms with E-state index in [1.807, 2.05) is 30.3 Å². The highest BCUT2D eigenvalue weighted by atomic mass is 19.1. The quantitative estimate of drug-likeness (QED) is 0.764. The lowest BCUT2D eigenvalue weighted by atomic mass is 9.88. The smallest absolute Gasteiger partial charge is 0.266 e. The van der Waals surface area contributed by atoms with Crippen LogP contribution in [0.4, 0.5) is 4.39 Å². The zero-order valence-electron chi connectivity index (χ0n) is 15.4. The summed E-state index contributed by atoms with van der Waals surface area (Å²) in [5.41, 5.74) is 1.92. The van der Waals surface area contributed by atoms with E-state index in [-0.39, 0.29) is 23.4 Å². The van der Waals surface area contributed by atoms with Crippen molar-refractivity contribution in [2.45, 2.75) is 25.4 Å². The van der Waals surface area contributed by atoms with Crippen molar-refractivity contribution in [2.75, 3.05) is 13.1 Å². The molecule has 28 heavy (non-hydrogen) atoms. The number of carbonyl (C=O) groups is 2. The van der Waals surface area contributed by atoms with Gasteiger partial charge in [0.15, 0.2) is 5.78 Å². The van der Waals surface area contributed by atoms with Crippen molar-refractivity contribution in [2.24, 2.45) is 11.1 Å². The minimum atomic E-state index is -0.681. The third kappa shape index (κ3) is 3.81. The first kappa shape index (κ1) is 18.3. The van der Waals surface area contributed by atoms with Gasteiger partial charge in [-0.2, -0.15) is 0 Å². The number of ketones is 1. The van der Waals surface area contributed by atoms with E-state index >= 15 is 0 Å². The van der Waals surface area contributed by atoms with Gasteiger partial charge >= 0.3 is 0 Å². The van der Waals surface area contributed by atoms with E-state index < -0.39 is 6.10 Å². The first-order valence-electron chi connectivity index (χ1n) is 9.48. The maximum atomic E-state index is 13.4. The second-order valence-corrected chi connectivity index (χ2v) is 7.18. The minimum absolute atomic E-state index is 0.0601. The molecular formula is C22H21FN2O3. The summed E-state index contributed by atoms with van der Waals surface area (Å²) in [6.07, 6.45) is 0.929. The number of piperidine rings is 1. The van der Waals surface area contributed by atoms with Crippen molar-refractivity contribution in [3.05, 3.63) is 71.5 Å². The molecule has 2 aliphatic heterocycles. The monoisotopic (exact) mass is 380 g/mol. The molecular weight excluding hydrogens is 359 g/mol. The lowest BCUT2D eigenvalue weighted by Gasteiger charge is -2.32. The summed E-state index contributed by atoms with van der Waals surface area (Å²) in [6, 6.07) is 15.4. The Bertz CT molecular complexity index is 905. The molecule has 0 bridgehead atoms. The molecule has 0 spiro atoms. The van der Waals surface area contributed by atoms with E-state index in [0.717, 1.165) is 5.56 Å². The number of likely N-dealkylation sites (tertiary alicyclic amines) is 1. The summed E-state index contributed by atoms with van der Waals surface area (Å²) in [5, 5.41) is 3.98. The van der Waals surface area contributed by atoms with Gasteiger partial charge in [-0.3, -0.25) is 9.59 Å². The Morgan fingerprint density at radius 2 is 1.79 bits per heavy atom. The Morgan fingerprint density at radius 1 is 1.04 bits per heavy atom. The van der Waals surface area contributed by atoms with Gasteiger partial charge in [0.05, 0.1) is 5.71 Å². The van der Waals surface area contributed by atoms with E-state index in [1.165, 1.54) is 12.1 Å². The van der Waals surface area contributed by atoms with E-state index in [2.05, 4.69) is 5.16 Å². The molecule has 1 saturated heterocycles. The molecule has 6 heteroatoms. The van der Waals surface area contributed by atoms with Crippen molar-refractivity contribution >= 4 is 17.4 Å². The van der Waals surface area contributed by atoms with Crippen molar-refractivity contribution in [3.63, 3.8) is 0 Å². The van der Waals surface area contributed by atoms with Gasteiger partial charge in [0.2, 0.25) is 6.10 Å². The third-order valence-electron chi connectivity index (χ3n) is 5.34. The molecule has 0 N–H and O–H groups in total. The first-order valence-corrected chi connectivity index (χ1v) is 9.48. The van der Waals surface area contributed by atoms with Crippen LogP contribution >= 0.6 is 0 Å². The number of hydrogen-bond acceptors (Lipinski definition) is 4. The Kier molecular flexibility index (Phi) is 5.19. The summed E-state index contributed by atoms with van der Waals surface area (Å²) in [7, 11) is 0. The van der Waals surface area contributed by atoms with Gasteiger partial charge in [0.1, 0.15) is 5.82 Å². The van der Waals surface area contributed by atoms with Crippen LogP contribution in [0.3, 0.4) is 0 Å². The molecule has 1 unspecified atom stereocenters. The van der Waals surface area contributed by atoms with Crippen molar-refractivity contribution in [1.82, 2.24) is 4.90 Å². The molecule has 1 fully saturated rings. The number of nitrogens with zero attached hydrogens (tertiary/aromatic N) is 2. The summed E-state index contributed by atoms with van der Waals surface area (Å²) >= 11 is 0. The molecule has 2 aliphatic rings. The largest absolute Gasteiger partial charge is 0.382 e. The van der Waals surface area contributed by atoms with Crippen LogP contribution in [-0.4, -0.2) is 41.5 Å². The number of carbonyl (C=O) groups excluding carboxylic acids is 2. The van der Waals surface area contributed by atoms with Crippen LogP contribution in [0.1, 0.15) is 35.2 Å². The molecule has 144 valence electrons. The van der Waals surface area contributed by atoms with Gasteiger partial charge in [-0.05, 0) is 25.0 Å². The van der Waals surface area contributed by atoms with Gasteiger partial charge in [-0.1, -0.05) is 47.6 Å². The summed E-state index contributed by atoms with van der Waals surface area (Å²) in [5.74, 6) is -0.391. The topological polar surface area (TPSA) is 59.0 Å². The fourth-order valence-corrected chi connectivity index (χ4v) is 3.75. The Labute approximate surface area is 162 Å². The molecule has 1 atom stereocenters. The molecule has 2 aromatic carbocycles. The van der Waals surface area contributed by atoms with E-state index in [9.17, 15) is 14.0 Å². The zero-order chi connectivity index (χ0) is 19.5. The van der Waals surface area contributed by atoms with E-state index in [1.54, 1.807) is 17.0 Å². The Morgan fingerprint density at radius 3 is 2.50 bits per heavy atom. The second kappa shape index (κ2) is 7.92. The van der Waals surface area contributed by atoms with Crippen LogP contribution in [-0.2, 0) is 9.63 Å². The zero-order valence-corrected chi connectivity index (χ0v) is 15.4. The van der Waals surface area contributed by atoms with Crippen molar-refractivity contribution in [1.29, 1.82) is 0 Å². The maximum absolute atomic E-state index is 13.4. The average Bonchev–Trinajstić information content (AvgIpc) is 3.24. The van der Waals surface area contributed by atoms with Gasteiger partial charge in [0, 0.05) is 36.6 Å². The van der Waals surface area contributed by atoms with Crippen LogP contribution in [0, 0.1) is 11.7 Å². The average molecular weight is 380 g/mol. The summed E-state index contributed by atoms with van der Waals surface area (Å²) in [4.78, 5) is 32.4. The molecule has 0 aliphatic carbocycles. The third-order valence-corrected chi connectivity index (χ3v) is 5.34. The van der Waals surface area contributed by atoms with Crippen molar-refractivity contribution in [3.8, 4) is 0 Å². The van der Waals surface area contributed by atoms with Gasteiger partial charge in [0.25, 0.3) is 5.91 Å². The number of benzene rings is 2. The number of oxime groups is 1. The highest BCUT2D eigenvalue weighted by Crippen LogP contribution is 2.25. The van der Waals surface area contributed by atoms with Crippen LogP contribution < -0.4 is 0 Å². The first-order chi connectivity index (χ1) is 13.6. The molecule has 5 nitrogen and oxygen atoms in total. The Balaban J connectivity index is 1.32. The lowest BCUT2D eigenvalue weighted by Crippen LogP contribution is -2.45. The van der Waals surface area contributed by atoms with Crippen LogP contribution in [0.25, 0.3) is 0 Å². The number of rotatable bonds is 4. The van der Waals surface area contributed by atoms with E-state index in [0.29, 0.717) is 43.6 Å². The Hall–Kier alpha value is -3.02.